The number of hydrogen-bond acceptors (Lipinski definition) is 7. The van der Waals surface area contributed by atoms with Crippen LogP contribution in [0.2, 0.25) is 6.32 Å². The van der Waals surface area contributed by atoms with Crippen LogP contribution < -0.4 is 0 Å². The van der Waals surface area contributed by atoms with Crippen LogP contribution in [-0.4, -0.2) is 64.8 Å². The van der Waals surface area contributed by atoms with Crippen LogP contribution in [0.15, 0.2) is 59.8 Å². The van der Waals surface area contributed by atoms with Crippen molar-refractivity contribution in [3.8, 4) is 5.75 Å². The molecule has 0 spiro atoms. The molecule has 2 aromatic rings. The first-order chi connectivity index (χ1) is 20.4. The van der Waals surface area contributed by atoms with Crippen LogP contribution in [0.25, 0.3) is 11.6 Å². The van der Waals surface area contributed by atoms with E-state index in [0.29, 0.717) is 32.2 Å². The molecule has 3 fully saturated rings. The lowest BCUT2D eigenvalue weighted by atomic mass is 9.58. The van der Waals surface area contributed by atoms with Gasteiger partial charge in [0, 0.05) is 19.3 Å². The van der Waals surface area contributed by atoms with E-state index in [1.54, 1.807) is 36.4 Å². The third-order valence-electron chi connectivity index (χ3n) is 9.48. The summed E-state index contributed by atoms with van der Waals surface area (Å²) in [7, 11) is 0.626. The Morgan fingerprint density at radius 2 is 1.95 bits per heavy atom. The van der Waals surface area contributed by atoms with Crippen LogP contribution in [0.3, 0.4) is 0 Å². The van der Waals surface area contributed by atoms with Gasteiger partial charge in [0.05, 0.1) is 30.2 Å². The number of benzene rings is 1. The van der Waals surface area contributed by atoms with Crippen LogP contribution in [0, 0.1) is 17.8 Å². The fraction of sp³-hybridized carbons (Fsp3) is 0.485. The molecule has 1 saturated carbocycles. The Balaban J connectivity index is 1.30. The maximum absolute atomic E-state index is 14.0. The van der Waals surface area contributed by atoms with Gasteiger partial charge in [0.15, 0.2) is 0 Å². The standard InChI is InChI=1S/C33H39BN2O6/c1-41-20-23-18-26-31(33(39)36(32(26)38)24-9-3-2-4-10-24)27-19-34(40)42-29(30(23)27)14-13-22(28-12-5-6-15-35-28)16-21-8-7-11-25(37)17-21/h5-8,11-12,15-17,24,26-27,29,31,37,40H,2-4,9-10,13-14,18-20H2,1H3/b22-16-/t26-,27+,29-,31-/m1/s1. The number of aromatic nitrogens is 1. The number of carbonyl (C=O) groups excluding carboxylic acids is 2. The van der Waals surface area contributed by atoms with E-state index in [-0.39, 0.29) is 29.5 Å². The first-order valence-electron chi connectivity index (χ1n) is 15.3. The van der Waals surface area contributed by atoms with Gasteiger partial charge >= 0.3 is 7.12 Å². The summed E-state index contributed by atoms with van der Waals surface area (Å²) in [5.74, 6) is -1.06. The van der Waals surface area contributed by atoms with E-state index >= 15 is 0 Å². The van der Waals surface area contributed by atoms with E-state index in [4.69, 9.17) is 9.39 Å². The lowest BCUT2D eigenvalue weighted by Gasteiger charge is -2.43. The Bertz CT molecular complexity index is 1370. The summed E-state index contributed by atoms with van der Waals surface area (Å²) < 4.78 is 11.8. The quantitative estimate of drug-likeness (QED) is 0.265. The minimum absolute atomic E-state index is 0.0114. The SMILES string of the molecule is COCC1=C2[C@@H](CC/C(=C/c3cccc(O)c3)c3ccccn3)OB(O)C[C@@H]2[C@@H]2C(=O)N(C3CCCCC3)C(=O)[C@@H]2C1. The summed E-state index contributed by atoms with van der Waals surface area (Å²) >= 11 is 0. The van der Waals surface area contributed by atoms with E-state index in [2.05, 4.69) is 4.98 Å². The fourth-order valence-electron chi connectivity index (χ4n) is 7.72. The first kappa shape index (κ1) is 28.8. The number of carbonyl (C=O) groups is 2. The molecule has 9 heteroatoms. The predicted octanol–water partition coefficient (Wildman–Crippen LogP) is 4.88. The van der Waals surface area contributed by atoms with Gasteiger partial charge < -0.3 is 19.5 Å². The molecule has 3 heterocycles. The van der Waals surface area contributed by atoms with Gasteiger partial charge in [-0.15, -0.1) is 0 Å². The van der Waals surface area contributed by atoms with Gasteiger partial charge in [-0.3, -0.25) is 19.5 Å². The minimum Gasteiger partial charge on any atom is -0.508 e. The molecule has 2 aliphatic heterocycles. The summed E-state index contributed by atoms with van der Waals surface area (Å²) in [5.41, 5.74) is 4.69. The van der Waals surface area contributed by atoms with Crippen molar-refractivity contribution in [2.24, 2.45) is 17.8 Å². The summed E-state index contributed by atoms with van der Waals surface area (Å²) in [4.78, 5) is 33.8. The number of pyridine rings is 1. The van der Waals surface area contributed by atoms with E-state index in [9.17, 15) is 19.7 Å². The van der Waals surface area contributed by atoms with Gasteiger partial charge in [-0.05, 0) is 97.0 Å². The normalized spacial score (nSPS) is 27.0. The second kappa shape index (κ2) is 12.5. The van der Waals surface area contributed by atoms with Gasteiger partial charge in [-0.1, -0.05) is 37.5 Å². The maximum Gasteiger partial charge on any atom is 0.455 e. The molecule has 2 aliphatic carbocycles. The highest BCUT2D eigenvalue weighted by Crippen LogP contribution is 2.51. The number of hydrogen-bond donors (Lipinski definition) is 2. The van der Waals surface area contributed by atoms with Crippen molar-refractivity contribution in [1.29, 1.82) is 0 Å². The van der Waals surface area contributed by atoms with Crippen LogP contribution in [0.1, 0.15) is 62.6 Å². The van der Waals surface area contributed by atoms with Gasteiger partial charge in [-0.2, -0.15) is 0 Å². The van der Waals surface area contributed by atoms with Crippen molar-refractivity contribution in [3.05, 3.63) is 71.1 Å². The molecule has 8 nitrogen and oxygen atoms in total. The summed E-state index contributed by atoms with van der Waals surface area (Å²) in [5, 5.41) is 20.9. The number of aromatic hydroxyl groups is 1. The number of allylic oxidation sites excluding steroid dienone is 1. The molecule has 0 radical (unpaired) electrons. The zero-order valence-electron chi connectivity index (χ0n) is 24.2. The highest BCUT2D eigenvalue weighted by atomic mass is 16.5. The number of rotatable bonds is 8. The van der Waals surface area contributed by atoms with Crippen molar-refractivity contribution < 1.29 is 29.1 Å². The van der Waals surface area contributed by atoms with Crippen LogP contribution >= 0.6 is 0 Å². The van der Waals surface area contributed by atoms with Gasteiger partial charge in [0.25, 0.3) is 0 Å². The third kappa shape index (κ3) is 5.70. The topological polar surface area (TPSA) is 109 Å². The molecule has 4 aliphatic rings. The third-order valence-corrected chi connectivity index (χ3v) is 9.48. The first-order valence-corrected chi connectivity index (χ1v) is 15.3. The zero-order valence-corrected chi connectivity index (χ0v) is 24.2. The molecular weight excluding hydrogens is 531 g/mol. The van der Waals surface area contributed by atoms with Crippen LogP contribution in [-0.2, 0) is 19.0 Å². The number of methoxy groups -OCH3 is 1. The molecule has 4 atom stereocenters. The zero-order chi connectivity index (χ0) is 29.2. The molecule has 2 amide bonds. The molecule has 2 saturated heterocycles. The van der Waals surface area contributed by atoms with Gasteiger partial charge in [-0.25, -0.2) is 0 Å². The number of likely N-dealkylation sites (tertiary alicyclic amines) is 1. The monoisotopic (exact) mass is 570 g/mol. The second-order valence-corrected chi connectivity index (χ2v) is 12.1. The van der Waals surface area contributed by atoms with Crippen molar-refractivity contribution in [2.45, 2.75) is 69.8 Å². The average molecular weight is 570 g/mol. The number of fused-ring (bicyclic) bond motifs is 3. The smallest absolute Gasteiger partial charge is 0.455 e. The molecule has 42 heavy (non-hydrogen) atoms. The van der Waals surface area contributed by atoms with E-state index in [0.717, 1.165) is 60.1 Å². The number of phenolic OH excluding ortho intramolecular Hbond substituents is 1. The van der Waals surface area contributed by atoms with Crippen LogP contribution in [0.4, 0.5) is 0 Å². The number of amides is 2. The molecule has 0 unspecified atom stereocenters. The molecular formula is C33H39BN2O6. The summed E-state index contributed by atoms with van der Waals surface area (Å²) in [6, 6.07) is 12.8. The number of ether oxygens (including phenoxy) is 1. The van der Waals surface area contributed by atoms with E-state index in [1.807, 2.05) is 30.3 Å². The Morgan fingerprint density at radius 3 is 2.69 bits per heavy atom. The van der Waals surface area contributed by atoms with Crippen LogP contribution in [0.5, 0.6) is 5.75 Å². The van der Waals surface area contributed by atoms with Crippen molar-refractivity contribution in [2.75, 3.05) is 13.7 Å². The highest BCUT2D eigenvalue weighted by Gasteiger charge is 2.58. The number of phenols is 1. The van der Waals surface area contributed by atoms with Crippen molar-refractivity contribution in [3.63, 3.8) is 0 Å². The number of nitrogens with zero attached hydrogens (tertiary/aromatic N) is 2. The molecule has 6 rings (SSSR count). The largest absolute Gasteiger partial charge is 0.508 e. The summed E-state index contributed by atoms with van der Waals surface area (Å²) in [6.45, 7) is 0.363. The summed E-state index contributed by atoms with van der Waals surface area (Å²) in [6.07, 6.45) is 10.3. The maximum atomic E-state index is 14.0. The minimum atomic E-state index is -1.02. The van der Waals surface area contributed by atoms with E-state index in [1.165, 1.54) is 0 Å². The van der Waals surface area contributed by atoms with E-state index < -0.39 is 25.1 Å². The molecule has 1 aromatic heterocycles. The average Bonchev–Trinajstić information content (AvgIpc) is 3.25. The Morgan fingerprint density at radius 1 is 1.12 bits per heavy atom. The lowest BCUT2D eigenvalue weighted by molar-refractivity contribution is -0.143. The van der Waals surface area contributed by atoms with Crippen molar-refractivity contribution >= 4 is 30.6 Å². The van der Waals surface area contributed by atoms with Crippen molar-refractivity contribution in [1.82, 2.24) is 9.88 Å². The van der Waals surface area contributed by atoms with Gasteiger partial charge in [0.1, 0.15) is 5.75 Å². The Kier molecular flexibility index (Phi) is 8.61. The Hall–Kier alpha value is -3.27. The Labute approximate surface area is 247 Å². The fourth-order valence-corrected chi connectivity index (χ4v) is 7.72. The molecule has 220 valence electrons. The molecule has 0 bridgehead atoms. The lowest BCUT2D eigenvalue weighted by Crippen LogP contribution is -2.47. The van der Waals surface area contributed by atoms with Gasteiger partial charge in [0.2, 0.25) is 11.8 Å². The number of imide groups is 1. The molecule has 2 N–H and O–H groups in total. The molecule has 1 aromatic carbocycles. The predicted molar refractivity (Wildman–Crippen MR) is 160 cm³/mol. The second-order valence-electron chi connectivity index (χ2n) is 12.1. The highest BCUT2D eigenvalue weighted by molar-refractivity contribution is 6.43.